The van der Waals surface area contributed by atoms with E-state index in [-0.39, 0.29) is 30.3 Å². The lowest BCUT2D eigenvalue weighted by Crippen LogP contribution is -2.46. The Morgan fingerprint density at radius 3 is 2.54 bits per heavy atom. The molecule has 2 aromatic rings. The molecule has 26 heavy (non-hydrogen) atoms. The van der Waals surface area contributed by atoms with E-state index in [0.29, 0.717) is 6.54 Å². The highest BCUT2D eigenvalue weighted by molar-refractivity contribution is 5.80. The van der Waals surface area contributed by atoms with Gasteiger partial charge in [0, 0.05) is 18.9 Å². The van der Waals surface area contributed by atoms with Gasteiger partial charge in [-0.05, 0) is 42.6 Å². The maximum Gasteiger partial charge on any atom is 0.231 e. The average molecular weight is 352 g/mol. The second-order valence-electron chi connectivity index (χ2n) is 6.67. The van der Waals surface area contributed by atoms with Gasteiger partial charge in [-0.3, -0.25) is 19.5 Å². The molecule has 1 aliphatic heterocycles. The average Bonchev–Trinajstić information content (AvgIpc) is 2.67. The van der Waals surface area contributed by atoms with Crippen LogP contribution in [0.4, 0.5) is 0 Å². The van der Waals surface area contributed by atoms with Crippen molar-refractivity contribution >= 4 is 11.8 Å². The number of amides is 2. The Morgan fingerprint density at radius 2 is 1.85 bits per heavy atom. The third-order valence-corrected chi connectivity index (χ3v) is 4.71. The van der Waals surface area contributed by atoms with Crippen LogP contribution in [0.25, 0.3) is 0 Å². The fraction of sp³-hybridized carbons (Fsp3) is 0.350. The molecule has 2 atom stereocenters. The van der Waals surface area contributed by atoms with Gasteiger partial charge < -0.3 is 11.1 Å². The van der Waals surface area contributed by atoms with Gasteiger partial charge in [0.25, 0.3) is 0 Å². The molecule has 1 aromatic heterocycles. The molecule has 2 amide bonds. The molecular formula is C20H24N4O2. The van der Waals surface area contributed by atoms with Crippen LogP contribution in [-0.4, -0.2) is 41.3 Å². The minimum Gasteiger partial charge on any atom is -0.369 e. The first-order valence-electron chi connectivity index (χ1n) is 8.89. The second-order valence-corrected chi connectivity index (χ2v) is 6.67. The van der Waals surface area contributed by atoms with E-state index in [1.165, 1.54) is 0 Å². The number of primary amides is 1. The van der Waals surface area contributed by atoms with Gasteiger partial charge in [0.05, 0.1) is 18.5 Å². The van der Waals surface area contributed by atoms with E-state index in [2.05, 4.69) is 10.3 Å². The quantitative estimate of drug-likeness (QED) is 0.824. The molecule has 1 aliphatic rings. The van der Waals surface area contributed by atoms with Crippen LogP contribution in [-0.2, 0) is 9.59 Å². The molecule has 6 nitrogen and oxygen atoms in total. The molecule has 136 valence electrons. The highest BCUT2D eigenvalue weighted by Crippen LogP contribution is 2.23. The molecule has 0 radical (unpaired) electrons. The molecule has 6 heteroatoms. The lowest BCUT2D eigenvalue weighted by atomic mass is 9.94. The van der Waals surface area contributed by atoms with Crippen molar-refractivity contribution in [1.29, 1.82) is 0 Å². The van der Waals surface area contributed by atoms with Gasteiger partial charge in [0.1, 0.15) is 0 Å². The predicted molar refractivity (Wildman–Crippen MR) is 99.0 cm³/mol. The van der Waals surface area contributed by atoms with Crippen molar-refractivity contribution in [3.05, 3.63) is 66.0 Å². The van der Waals surface area contributed by atoms with Crippen LogP contribution in [0.15, 0.2) is 54.9 Å². The first kappa shape index (κ1) is 18.1. The predicted octanol–water partition coefficient (Wildman–Crippen LogP) is 1.48. The maximum atomic E-state index is 12.9. The van der Waals surface area contributed by atoms with E-state index >= 15 is 0 Å². The molecule has 0 bridgehead atoms. The number of nitrogens with one attached hydrogen (secondary N) is 1. The molecule has 2 unspecified atom stereocenters. The van der Waals surface area contributed by atoms with Crippen LogP contribution in [0, 0.1) is 5.92 Å². The number of benzene rings is 1. The van der Waals surface area contributed by atoms with Gasteiger partial charge >= 0.3 is 0 Å². The molecule has 0 aliphatic carbocycles. The minimum atomic E-state index is -0.356. The van der Waals surface area contributed by atoms with Gasteiger partial charge in [-0.1, -0.05) is 30.3 Å². The number of likely N-dealkylation sites (tertiary alicyclic amines) is 1. The zero-order valence-electron chi connectivity index (χ0n) is 14.7. The molecule has 3 rings (SSSR count). The summed E-state index contributed by atoms with van der Waals surface area (Å²) in [7, 11) is 0. The van der Waals surface area contributed by atoms with E-state index in [1.54, 1.807) is 12.4 Å². The third-order valence-electron chi connectivity index (χ3n) is 4.71. The standard InChI is InChI=1S/C20H24N4O2/c21-18(25)14-24-12-4-7-17(13-24)20(26)23-19(15-5-2-1-3-6-15)16-8-10-22-11-9-16/h1-3,5-6,8-11,17,19H,4,7,12-14H2,(H2,21,25)(H,23,26). The SMILES string of the molecule is NC(=O)CN1CCCC(C(=O)NC(c2ccccc2)c2ccncc2)C1. The third kappa shape index (κ3) is 4.67. The van der Waals surface area contributed by atoms with Gasteiger partial charge in [-0.15, -0.1) is 0 Å². The van der Waals surface area contributed by atoms with Crippen molar-refractivity contribution in [2.24, 2.45) is 11.7 Å². The van der Waals surface area contributed by atoms with Crippen LogP contribution in [0.2, 0.25) is 0 Å². The maximum absolute atomic E-state index is 12.9. The Labute approximate surface area is 153 Å². The van der Waals surface area contributed by atoms with E-state index in [0.717, 1.165) is 30.5 Å². The van der Waals surface area contributed by atoms with Crippen LogP contribution >= 0.6 is 0 Å². The molecule has 1 saturated heterocycles. The Kier molecular flexibility index (Phi) is 5.96. The van der Waals surface area contributed by atoms with Crippen molar-refractivity contribution < 1.29 is 9.59 Å². The Bertz CT molecular complexity index is 696. The molecule has 0 spiro atoms. The summed E-state index contributed by atoms with van der Waals surface area (Å²) in [5.41, 5.74) is 7.31. The van der Waals surface area contributed by atoms with E-state index in [1.807, 2.05) is 47.4 Å². The van der Waals surface area contributed by atoms with E-state index in [9.17, 15) is 9.59 Å². The summed E-state index contributed by atoms with van der Waals surface area (Å²) in [6.07, 6.45) is 5.16. The largest absolute Gasteiger partial charge is 0.369 e. The van der Waals surface area contributed by atoms with Crippen molar-refractivity contribution in [3.8, 4) is 0 Å². The number of carbonyl (C=O) groups is 2. The number of rotatable bonds is 6. The fourth-order valence-corrected chi connectivity index (χ4v) is 3.45. The monoisotopic (exact) mass is 352 g/mol. The molecule has 3 N–H and O–H groups in total. The van der Waals surface area contributed by atoms with E-state index < -0.39 is 0 Å². The molecule has 2 heterocycles. The summed E-state index contributed by atoms with van der Waals surface area (Å²) in [6, 6.07) is 13.5. The van der Waals surface area contributed by atoms with Crippen molar-refractivity contribution in [2.75, 3.05) is 19.6 Å². The Morgan fingerprint density at radius 1 is 1.15 bits per heavy atom. The minimum absolute atomic E-state index is 0.00448. The number of aromatic nitrogens is 1. The summed E-state index contributed by atoms with van der Waals surface area (Å²) in [6.45, 7) is 1.57. The molecule has 1 fully saturated rings. The summed E-state index contributed by atoms with van der Waals surface area (Å²) < 4.78 is 0. The second kappa shape index (κ2) is 8.58. The van der Waals surface area contributed by atoms with Crippen LogP contribution in [0.5, 0.6) is 0 Å². The van der Waals surface area contributed by atoms with E-state index in [4.69, 9.17) is 5.73 Å². The molecule has 0 saturated carbocycles. The zero-order chi connectivity index (χ0) is 18.4. The summed E-state index contributed by atoms with van der Waals surface area (Å²) in [4.78, 5) is 30.1. The van der Waals surface area contributed by atoms with Crippen LogP contribution in [0.3, 0.4) is 0 Å². The van der Waals surface area contributed by atoms with Crippen molar-refractivity contribution in [2.45, 2.75) is 18.9 Å². The number of nitrogens with zero attached hydrogens (tertiary/aromatic N) is 2. The highest BCUT2D eigenvalue weighted by Gasteiger charge is 2.28. The smallest absolute Gasteiger partial charge is 0.231 e. The summed E-state index contributed by atoms with van der Waals surface area (Å²) in [5, 5.41) is 3.18. The van der Waals surface area contributed by atoms with Gasteiger partial charge in [-0.25, -0.2) is 0 Å². The topological polar surface area (TPSA) is 88.3 Å². The number of carbonyl (C=O) groups excluding carboxylic acids is 2. The summed E-state index contributed by atoms with van der Waals surface area (Å²) in [5.74, 6) is -0.494. The van der Waals surface area contributed by atoms with Crippen molar-refractivity contribution in [1.82, 2.24) is 15.2 Å². The number of hydrogen-bond donors (Lipinski definition) is 2. The zero-order valence-corrected chi connectivity index (χ0v) is 14.7. The normalized spacial score (nSPS) is 18.8. The first-order chi connectivity index (χ1) is 12.6. The number of hydrogen-bond acceptors (Lipinski definition) is 4. The number of piperidine rings is 1. The number of pyridine rings is 1. The number of nitrogens with two attached hydrogens (primary N) is 1. The fourth-order valence-electron chi connectivity index (χ4n) is 3.45. The van der Waals surface area contributed by atoms with Gasteiger partial charge in [0.2, 0.25) is 11.8 Å². The lowest BCUT2D eigenvalue weighted by Gasteiger charge is -2.32. The van der Waals surface area contributed by atoms with Gasteiger partial charge in [0.15, 0.2) is 0 Å². The lowest BCUT2D eigenvalue weighted by molar-refractivity contribution is -0.128. The Hall–Kier alpha value is -2.73. The first-order valence-corrected chi connectivity index (χ1v) is 8.89. The summed E-state index contributed by atoms with van der Waals surface area (Å²) >= 11 is 0. The van der Waals surface area contributed by atoms with Gasteiger partial charge in [-0.2, -0.15) is 0 Å². The van der Waals surface area contributed by atoms with Crippen molar-refractivity contribution in [3.63, 3.8) is 0 Å². The van der Waals surface area contributed by atoms with Crippen LogP contribution in [0.1, 0.15) is 30.0 Å². The highest BCUT2D eigenvalue weighted by atomic mass is 16.2. The van der Waals surface area contributed by atoms with Crippen LogP contribution < -0.4 is 11.1 Å². The molecular weight excluding hydrogens is 328 g/mol. The molecule has 1 aromatic carbocycles. The Balaban J connectivity index is 1.74.